The van der Waals surface area contributed by atoms with Crippen LogP contribution in [0.2, 0.25) is 0 Å². The first-order chi connectivity index (χ1) is 5.63. The normalized spacial score (nSPS) is 14.6. The van der Waals surface area contributed by atoms with Gasteiger partial charge in [0, 0.05) is 4.91 Å². The molecule has 0 unspecified atom stereocenters. The fourth-order valence-electron chi connectivity index (χ4n) is 0.528. The van der Waals surface area contributed by atoms with Gasteiger partial charge in [-0.05, 0) is 5.53 Å². The SMILES string of the molecule is [N-]=[N+]=NC[C@@H](O)[C@H](O)C(=O)CO. The molecule has 12 heavy (non-hydrogen) atoms. The molecule has 0 heterocycles. The van der Waals surface area contributed by atoms with E-state index in [0.29, 0.717) is 0 Å². The predicted octanol–water partition coefficient (Wildman–Crippen LogP) is -1.42. The molecule has 3 N–H and O–H groups in total. The molecule has 0 aromatic heterocycles. The minimum Gasteiger partial charge on any atom is -0.390 e. The monoisotopic (exact) mass is 175 g/mol. The lowest BCUT2D eigenvalue weighted by Gasteiger charge is -2.12. The highest BCUT2D eigenvalue weighted by atomic mass is 16.3. The summed E-state index contributed by atoms with van der Waals surface area (Å²) in [5, 5.41) is 29.0. The van der Waals surface area contributed by atoms with Crippen LogP contribution in [0.5, 0.6) is 0 Å². The molecule has 7 heteroatoms. The van der Waals surface area contributed by atoms with Crippen LogP contribution in [-0.2, 0) is 4.79 Å². The van der Waals surface area contributed by atoms with Crippen LogP contribution < -0.4 is 0 Å². The van der Waals surface area contributed by atoms with Crippen LogP contribution in [0, 0.1) is 0 Å². The molecule has 68 valence electrons. The van der Waals surface area contributed by atoms with Crippen LogP contribution in [0.4, 0.5) is 0 Å². The molecule has 0 aliphatic heterocycles. The highest BCUT2D eigenvalue weighted by Crippen LogP contribution is 1.95. The van der Waals surface area contributed by atoms with Gasteiger partial charge in [-0.1, -0.05) is 5.11 Å². The third-order valence-corrected chi connectivity index (χ3v) is 1.18. The molecule has 0 saturated carbocycles. The largest absolute Gasteiger partial charge is 0.390 e. The van der Waals surface area contributed by atoms with Crippen LogP contribution in [0.25, 0.3) is 10.4 Å². The summed E-state index contributed by atoms with van der Waals surface area (Å²) >= 11 is 0. The average Bonchev–Trinajstić information content (AvgIpc) is 2.11. The maximum absolute atomic E-state index is 10.5. The lowest BCUT2D eigenvalue weighted by molar-refractivity contribution is -0.135. The van der Waals surface area contributed by atoms with Crippen LogP contribution in [-0.4, -0.2) is 46.5 Å². The summed E-state index contributed by atoms with van der Waals surface area (Å²) in [6.07, 6.45) is -3.15. The van der Waals surface area contributed by atoms with Crippen molar-refractivity contribution >= 4 is 5.78 Å². The van der Waals surface area contributed by atoms with Gasteiger partial charge < -0.3 is 15.3 Å². The number of aliphatic hydroxyl groups excluding tert-OH is 3. The lowest BCUT2D eigenvalue weighted by Crippen LogP contribution is -2.37. The number of carbonyl (C=O) groups is 1. The van der Waals surface area contributed by atoms with Gasteiger partial charge in [-0.3, -0.25) is 4.79 Å². The Hall–Kier alpha value is -1.14. The van der Waals surface area contributed by atoms with E-state index in [1.54, 1.807) is 0 Å². The van der Waals surface area contributed by atoms with Gasteiger partial charge in [0.05, 0.1) is 12.6 Å². The first-order valence-corrected chi connectivity index (χ1v) is 3.14. The van der Waals surface area contributed by atoms with Crippen molar-refractivity contribution in [3.8, 4) is 0 Å². The highest BCUT2D eigenvalue weighted by Gasteiger charge is 2.22. The van der Waals surface area contributed by atoms with Gasteiger partial charge in [0.25, 0.3) is 0 Å². The molecule has 0 aromatic carbocycles. The Bertz CT molecular complexity index is 201. The summed E-state index contributed by atoms with van der Waals surface area (Å²) in [6, 6.07) is 0. The summed E-state index contributed by atoms with van der Waals surface area (Å²) in [4.78, 5) is 12.8. The van der Waals surface area contributed by atoms with Crippen LogP contribution in [0.15, 0.2) is 5.11 Å². The smallest absolute Gasteiger partial charge is 0.189 e. The number of nitrogens with zero attached hydrogens (tertiary/aromatic N) is 3. The predicted molar refractivity (Wildman–Crippen MR) is 38.1 cm³/mol. The molecule has 0 amide bonds. The van der Waals surface area contributed by atoms with Crippen molar-refractivity contribution in [1.82, 2.24) is 0 Å². The van der Waals surface area contributed by atoms with Gasteiger partial charge in [-0.25, -0.2) is 0 Å². The third kappa shape index (κ3) is 3.31. The van der Waals surface area contributed by atoms with Crippen molar-refractivity contribution in [2.75, 3.05) is 13.2 Å². The van der Waals surface area contributed by atoms with Gasteiger partial charge in [0.15, 0.2) is 5.78 Å². The van der Waals surface area contributed by atoms with E-state index in [9.17, 15) is 4.79 Å². The maximum Gasteiger partial charge on any atom is 0.189 e. The Morgan fingerprint density at radius 1 is 1.58 bits per heavy atom. The summed E-state index contributed by atoms with van der Waals surface area (Å²) in [7, 11) is 0. The summed E-state index contributed by atoms with van der Waals surface area (Å²) in [6.45, 7) is -1.25. The van der Waals surface area contributed by atoms with Gasteiger partial charge in [0.2, 0.25) is 0 Å². The molecule has 0 rings (SSSR count). The third-order valence-electron chi connectivity index (χ3n) is 1.18. The molecule has 0 fully saturated rings. The number of azide groups is 1. The second-order valence-electron chi connectivity index (χ2n) is 2.05. The molecule has 0 aliphatic carbocycles. The van der Waals surface area contributed by atoms with E-state index < -0.39 is 31.1 Å². The fourth-order valence-corrected chi connectivity index (χ4v) is 0.528. The van der Waals surface area contributed by atoms with Crippen LogP contribution >= 0.6 is 0 Å². The van der Waals surface area contributed by atoms with Crippen molar-refractivity contribution in [2.24, 2.45) is 5.11 Å². The average molecular weight is 175 g/mol. The number of carbonyl (C=O) groups excluding carboxylic acids is 1. The fraction of sp³-hybridized carbons (Fsp3) is 0.800. The van der Waals surface area contributed by atoms with Gasteiger partial charge in [-0.15, -0.1) is 0 Å². The number of Topliss-reactive ketones (excluding diaryl/α,β-unsaturated/α-hetero) is 1. The Balaban J connectivity index is 3.99. The molecule has 0 aromatic rings. The zero-order chi connectivity index (χ0) is 9.56. The highest BCUT2D eigenvalue weighted by molar-refractivity contribution is 5.84. The quantitative estimate of drug-likeness (QED) is 0.269. The Morgan fingerprint density at radius 3 is 2.58 bits per heavy atom. The molecule has 0 bridgehead atoms. The second kappa shape index (κ2) is 5.50. The Kier molecular flexibility index (Phi) is 4.98. The van der Waals surface area contributed by atoms with E-state index in [4.69, 9.17) is 20.9 Å². The zero-order valence-corrected chi connectivity index (χ0v) is 6.16. The van der Waals surface area contributed by atoms with Crippen LogP contribution in [0.3, 0.4) is 0 Å². The topological polar surface area (TPSA) is 127 Å². The lowest BCUT2D eigenvalue weighted by atomic mass is 10.1. The van der Waals surface area contributed by atoms with Gasteiger partial charge >= 0.3 is 0 Å². The molecule has 0 spiro atoms. The number of hydrogen-bond acceptors (Lipinski definition) is 5. The summed E-state index contributed by atoms with van der Waals surface area (Å²) < 4.78 is 0. The van der Waals surface area contributed by atoms with Crippen molar-refractivity contribution in [3.63, 3.8) is 0 Å². The minimum atomic E-state index is -1.69. The first-order valence-electron chi connectivity index (χ1n) is 3.14. The van der Waals surface area contributed by atoms with E-state index in [1.807, 2.05) is 0 Å². The van der Waals surface area contributed by atoms with E-state index in [1.165, 1.54) is 0 Å². The zero-order valence-electron chi connectivity index (χ0n) is 6.16. The van der Waals surface area contributed by atoms with Crippen molar-refractivity contribution in [1.29, 1.82) is 0 Å². The number of hydrogen-bond donors (Lipinski definition) is 3. The molecule has 0 saturated heterocycles. The standard InChI is InChI=1S/C5H9N3O4/c6-8-7-1-3(10)5(12)4(11)2-9/h3,5,9-10,12H,1-2H2/t3-,5+/m1/s1. The summed E-state index contributed by atoms with van der Waals surface area (Å²) in [5.74, 6) is -0.907. The van der Waals surface area contributed by atoms with E-state index >= 15 is 0 Å². The number of rotatable bonds is 5. The van der Waals surface area contributed by atoms with E-state index in [0.717, 1.165) is 0 Å². The molecule has 0 aliphatic rings. The maximum atomic E-state index is 10.5. The van der Waals surface area contributed by atoms with E-state index in [-0.39, 0.29) is 0 Å². The number of ketones is 1. The van der Waals surface area contributed by atoms with E-state index in [2.05, 4.69) is 10.0 Å². The molecular weight excluding hydrogens is 166 g/mol. The summed E-state index contributed by atoms with van der Waals surface area (Å²) in [5.41, 5.74) is 7.82. The molecular formula is C5H9N3O4. The minimum absolute atomic E-state index is 0.399. The second-order valence-corrected chi connectivity index (χ2v) is 2.05. The molecule has 7 nitrogen and oxygen atoms in total. The van der Waals surface area contributed by atoms with Crippen molar-refractivity contribution in [3.05, 3.63) is 10.4 Å². The molecule has 2 atom stereocenters. The van der Waals surface area contributed by atoms with Crippen molar-refractivity contribution in [2.45, 2.75) is 12.2 Å². The Labute approximate surface area is 67.9 Å². The first kappa shape index (κ1) is 10.9. The number of aliphatic hydroxyl groups is 3. The van der Waals surface area contributed by atoms with Crippen molar-refractivity contribution < 1.29 is 20.1 Å². The van der Waals surface area contributed by atoms with Crippen LogP contribution in [0.1, 0.15) is 0 Å². The van der Waals surface area contributed by atoms with Gasteiger partial charge in [0.1, 0.15) is 12.7 Å². The van der Waals surface area contributed by atoms with Gasteiger partial charge in [-0.2, -0.15) is 0 Å². The Morgan fingerprint density at radius 2 is 2.17 bits per heavy atom. The molecule has 0 radical (unpaired) electrons.